The van der Waals surface area contributed by atoms with E-state index in [4.69, 9.17) is 9.15 Å². The first kappa shape index (κ1) is 18.3. The van der Waals surface area contributed by atoms with Gasteiger partial charge in [-0.2, -0.15) is 10.2 Å². The number of nitrogens with zero attached hydrogens (tertiary/aromatic N) is 4. The maximum atomic E-state index is 11.5. The zero-order valence-corrected chi connectivity index (χ0v) is 15.2. The Morgan fingerprint density at radius 3 is 2.48 bits per heavy atom. The summed E-state index contributed by atoms with van der Waals surface area (Å²) >= 11 is 0. The lowest BCUT2D eigenvalue weighted by Gasteiger charge is -2.11. The summed E-state index contributed by atoms with van der Waals surface area (Å²) in [7, 11) is 3.39. The molecule has 0 saturated carbocycles. The van der Waals surface area contributed by atoms with Crippen molar-refractivity contribution in [1.82, 2.24) is 9.88 Å². The molecule has 3 aromatic rings. The van der Waals surface area contributed by atoms with Gasteiger partial charge in [-0.15, -0.1) is 0 Å². The second-order valence-corrected chi connectivity index (χ2v) is 6.03. The number of oxazole rings is 1. The molecule has 7 heteroatoms. The molecule has 0 unspecified atom stereocenters. The lowest BCUT2D eigenvalue weighted by Crippen LogP contribution is -2.27. The number of carbonyl (C=O) groups is 1. The molecule has 1 aromatic heterocycles. The molecule has 0 N–H and O–H groups in total. The van der Waals surface area contributed by atoms with Crippen LogP contribution >= 0.6 is 0 Å². The second kappa shape index (κ2) is 8.75. The van der Waals surface area contributed by atoms with Crippen LogP contribution in [0.3, 0.4) is 0 Å². The number of hydrogen-bond acceptors (Lipinski definition) is 6. The number of ether oxygens (including phenoxy) is 1. The first-order chi connectivity index (χ1) is 13.1. The Bertz CT molecular complexity index is 886. The summed E-state index contributed by atoms with van der Waals surface area (Å²) in [4.78, 5) is 16.9. The van der Waals surface area contributed by atoms with Crippen LogP contribution in [0.4, 0.5) is 5.69 Å². The van der Waals surface area contributed by atoms with Crippen molar-refractivity contribution in [1.29, 1.82) is 0 Å². The molecular formula is C20H20N4O3. The fourth-order valence-corrected chi connectivity index (χ4v) is 2.21. The summed E-state index contributed by atoms with van der Waals surface area (Å²) < 4.78 is 10.7. The van der Waals surface area contributed by atoms with Crippen LogP contribution in [0.5, 0.6) is 5.75 Å². The van der Waals surface area contributed by atoms with Crippen molar-refractivity contribution in [3.05, 3.63) is 66.7 Å². The summed E-state index contributed by atoms with van der Waals surface area (Å²) in [6, 6.07) is 15.0. The fourth-order valence-electron chi connectivity index (χ4n) is 2.21. The Hall–Kier alpha value is -3.48. The van der Waals surface area contributed by atoms with E-state index < -0.39 is 0 Å². The topological polar surface area (TPSA) is 80.3 Å². The van der Waals surface area contributed by atoms with Gasteiger partial charge in [-0.05, 0) is 42.0 Å². The van der Waals surface area contributed by atoms with E-state index in [1.165, 1.54) is 11.3 Å². The van der Waals surface area contributed by atoms with Gasteiger partial charge in [-0.3, -0.25) is 4.79 Å². The van der Waals surface area contributed by atoms with E-state index in [1.54, 1.807) is 20.3 Å². The van der Waals surface area contributed by atoms with Crippen LogP contribution in [0.25, 0.3) is 11.3 Å². The SMILES string of the molecule is CN(C)C(=O)COc1ccc(CN=Nc2ccc(-c3cnco3)cc2)cc1. The van der Waals surface area contributed by atoms with Crippen molar-refractivity contribution >= 4 is 11.6 Å². The summed E-state index contributed by atoms with van der Waals surface area (Å²) in [6.45, 7) is 0.483. The minimum atomic E-state index is -0.0813. The van der Waals surface area contributed by atoms with E-state index in [2.05, 4.69) is 15.2 Å². The van der Waals surface area contributed by atoms with Crippen molar-refractivity contribution in [2.24, 2.45) is 10.2 Å². The fraction of sp³-hybridized carbons (Fsp3) is 0.200. The highest BCUT2D eigenvalue weighted by molar-refractivity contribution is 5.77. The molecule has 0 saturated heterocycles. The molecule has 1 amide bonds. The highest BCUT2D eigenvalue weighted by Gasteiger charge is 2.05. The largest absolute Gasteiger partial charge is 0.484 e. The molecule has 0 radical (unpaired) electrons. The lowest BCUT2D eigenvalue weighted by molar-refractivity contribution is -0.130. The average Bonchev–Trinajstić information content (AvgIpc) is 3.22. The molecule has 1 heterocycles. The number of amides is 1. The third-order valence-corrected chi connectivity index (χ3v) is 3.81. The maximum Gasteiger partial charge on any atom is 0.259 e. The molecule has 0 atom stereocenters. The van der Waals surface area contributed by atoms with Gasteiger partial charge in [0.05, 0.1) is 18.4 Å². The van der Waals surface area contributed by atoms with Crippen molar-refractivity contribution in [3.63, 3.8) is 0 Å². The van der Waals surface area contributed by atoms with Crippen LogP contribution in [-0.2, 0) is 11.3 Å². The van der Waals surface area contributed by atoms with Gasteiger partial charge in [0.1, 0.15) is 5.75 Å². The van der Waals surface area contributed by atoms with Gasteiger partial charge in [0, 0.05) is 19.7 Å². The molecule has 0 aliphatic carbocycles. The quantitative estimate of drug-likeness (QED) is 0.591. The number of aromatic nitrogens is 1. The van der Waals surface area contributed by atoms with Crippen molar-refractivity contribution in [2.45, 2.75) is 6.54 Å². The van der Waals surface area contributed by atoms with Crippen LogP contribution in [0.1, 0.15) is 5.56 Å². The number of carbonyl (C=O) groups excluding carboxylic acids is 1. The molecule has 0 aliphatic heterocycles. The zero-order chi connectivity index (χ0) is 19.1. The normalized spacial score (nSPS) is 10.9. The maximum absolute atomic E-state index is 11.5. The van der Waals surface area contributed by atoms with Crippen LogP contribution in [0.2, 0.25) is 0 Å². The van der Waals surface area contributed by atoms with E-state index in [-0.39, 0.29) is 12.5 Å². The van der Waals surface area contributed by atoms with Gasteiger partial charge >= 0.3 is 0 Å². The number of benzene rings is 2. The first-order valence-electron chi connectivity index (χ1n) is 8.40. The molecule has 3 rings (SSSR count). The predicted molar refractivity (Wildman–Crippen MR) is 101 cm³/mol. The molecule has 0 aliphatic rings. The van der Waals surface area contributed by atoms with Crippen molar-refractivity contribution in [2.75, 3.05) is 20.7 Å². The third-order valence-electron chi connectivity index (χ3n) is 3.81. The average molecular weight is 364 g/mol. The highest BCUT2D eigenvalue weighted by atomic mass is 16.5. The number of hydrogen-bond donors (Lipinski definition) is 0. The van der Waals surface area contributed by atoms with Crippen LogP contribution < -0.4 is 4.74 Å². The van der Waals surface area contributed by atoms with E-state index in [0.717, 1.165) is 16.8 Å². The number of azo groups is 1. The Kier molecular flexibility index (Phi) is 5.94. The highest BCUT2D eigenvalue weighted by Crippen LogP contribution is 2.22. The second-order valence-electron chi connectivity index (χ2n) is 6.03. The summed E-state index contributed by atoms with van der Waals surface area (Å²) in [5, 5.41) is 8.44. The monoisotopic (exact) mass is 364 g/mol. The smallest absolute Gasteiger partial charge is 0.259 e. The Morgan fingerprint density at radius 1 is 1.11 bits per heavy atom. The molecule has 0 fully saturated rings. The van der Waals surface area contributed by atoms with Gasteiger partial charge in [0.2, 0.25) is 0 Å². The van der Waals surface area contributed by atoms with Gasteiger partial charge < -0.3 is 14.1 Å². The minimum Gasteiger partial charge on any atom is -0.484 e. The van der Waals surface area contributed by atoms with E-state index >= 15 is 0 Å². The minimum absolute atomic E-state index is 0.0239. The van der Waals surface area contributed by atoms with E-state index in [1.807, 2.05) is 48.5 Å². The first-order valence-corrected chi connectivity index (χ1v) is 8.40. The standard InChI is InChI=1S/C20H20N4O3/c1-24(2)20(25)13-26-18-9-3-15(4-10-18)11-22-23-17-7-5-16(6-8-17)19-12-21-14-27-19/h3-10,12,14H,11,13H2,1-2H3. The van der Waals surface area contributed by atoms with Crippen molar-refractivity contribution < 1.29 is 13.9 Å². The Morgan fingerprint density at radius 2 is 1.85 bits per heavy atom. The van der Waals surface area contributed by atoms with Gasteiger partial charge in [-0.25, -0.2) is 4.98 Å². The summed E-state index contributed by atoms with van der Waals surface area (Å²) in [5.41, 5.74) is 2.71. The van der Waals surface area contributed by atoms with Crippen LogP contribution in [0.15, 0.2) is 75.8 Å². The molecular weight excluding hydrogens is 344 g/mol. The summed E-state index contributed by atoms with van der Waals surface area (Å²) in [6.07, 6.45) is 3.07. The van der Waals surface area contributed by atoms with Crippen molar-refractivity contribution in [3.8, 4) is 17.1 Å². The Balaban J connectivity index is 1.51. The number of likely N-dealkylation sites (N-methyl/N-ethyl adjacent to an activating group) is 1. The van der Waals surface area contributed by atoms with Gasteiger partial charge in [0.15, 0.2) is 18.8 Å². The van der Waals surface area contributed by atoms with E-state index in [0.29, 0.717) is 18.1 Å². The summed E-state index contributed by atoms with van der Waals surface area (Å²) in [5.74, 6) is 1.28. The van der Waals surface area contributed by atoms with Crippen LogP contribution in [-0.4, -0.2) is 36.5 Å². The van der Waals surface area contributed by atoms with Gasteiger partial charge in [-0.1, -0.05) is 12.1 Å². The Labute approximate surface area is 157 Å². The van der Waals surface area contributed by atoms with E-state index in [9.17, 15) is 4.79 Å². The van der Waals surface area contributed by atoms with Crippen LogP contribution in [0, 0.1) is 0 Å². The molecule has 0 bridgehead atoms. The zero-order valence-electron chi connectivity index (χ0n) is 15.2. The molecule has 138 valence electrons. The third kappa shape index (κ3) is 5.24. The number of rotatable bonds is 7. The lowest BCUT2D eigenvalue weighted by atomic mass is 10.2. The molecule has 0 spiro atoms. The molecule has 27 heavy (non-hydrogen) atoms. The van der Waals surface area contributed by atoms with Gasteiger partial charge in [0.25, 0.3) is 5.91 Å². The molecule has 7 nitrogen and oxygen atoms in total. The predicted octanol–water partition coefficient (Wildman–Crippen LogP) is 4.09. The molecule has 2 aromatic carbocycles.